The molecule has 0 aromatic heterocycles. The highest BCUT2D eigenvalue weighted by Crippen LogP contribution is 2.17. The number of anilines is 2. The van der Waals surface area contributed by atoms with Crippen molar-refractivity contribution in [2.45, 2.75) is 20.8 Å². The maximum absolute atomic E-state index is 12.4. The van der Waals surface area contributed by atoms with Crippen molar-refractivity contribution in [1.82, 2.24) is 0 Å². The molecular weight excluding hydrogens is 260 g/mol. The van der Waals surface area contributed by atoms with Crippen LogP contribution in [0.1, 0.15) is 18.1 Å². The highest BCUT2D eigenvalue weighted by atomic mass is 16.2. The van der Waals surface area contributed by atoms with Crippen LogP contribution >= 0.6 is 0 Å². The average Bonchev–Trinajstić information content (AvgIpc) is 2.50. The van der Waals surface area contributed by atoms with Gasteiger partial charge in [0.2, 0.25) is 5.91 Å². The number of nitrogens with one attached hydrogen (secondary N) is 1. The molecule has 0 fully saturated rings. The van der Waals surface area contributed by atoms with E-state index in [4.69, 9.17) is 0 Å². The van der Waals surface area contributed by atoms with E-state index in [0.29, 0.717) is 13.1 Å². The molecule has 0 aliphatic heterocycles. The van der Waals surface area contributed by atoms with Gasteiger partial charge in [0.25, 0.3) is 0 Å². The Morgan fingerprint density at radius 2 is 1.81 bits per heavy atom. The number of likely N-dealkylation sites (N-methyl/N-ethyl adjacent to an activating group) is 1. The van der Waals surface area contributed by atoms with Gasteiger partial charge in [-0.25, -0.2) is 0 Å². The standard InChI is InChI=1S/C18H22N2O/c1-4-20(16-8-6-5-7-9-16)18(21)13-19-17-12-14(2)10-11-15(17)3/h5-12,19H,4,13H2,1-3H3. The molecule has 3 nitrogen and oxygen atoms in total. The van der Waals surface area contributed by atoms with E-state index in [1.165, 1.54) is 5.56 Å². The Morgan fingerprint density at radius 1 is 1.10 bits per heavy atom. The van der Waals surface area contributed by atoms with Crippen molar-refractivity contribution in [2.24, 2.45) is 0 Å². The van der Waals surface area contributed by atoms with Gasteiger partial charge < -0.3 is 10.2 Å². The number of rotatable bonds is 5. The Kier molecular flexibility index (Phi) is 4.99. The largest absolute Gasteiger partial charge is 0.376 e. The van der Waals surface area contributed by atoms with Gasteiger partial charge in [0.1, 0.15) is 0 Å². The smallest absolute Gasteiger partial charge is 0.246 e. The van der Waals surface area contributed by atoms with Crippen molar-refractivity contribution in [3.63, 3.8) is 0 Å². The summed E-state index contributed by atoms with van der Waals surface area (Å²) in [7, 11) is 0. The van der Waals surface area contributed by atoms with Crippen molar-refractivity contribution in [3.05, 3.63) is 59.7 Å². The quantitative estimate of drug-likeness (QED) is 0.905. The summed E-state index contributed by atoms with van der Waals surface area (Å²) in [5.41, 5.74) is 4.29. The molecule has 2 aromatic carbocycles. The Labute approximate surface area is 126 Å². The van der Waals surface area contributed by atoms with E-state index in [9.17, 15) is 4.79 Å². The van der Waals surface area contributed by atoms with E-state index in [2.05, 4.69) is 30.4 Å². The van der Waals surface area contributed by atoms with Crippen LogP contribution in [0.3, 0.4) is 0 Å². The number of aryl methyl sites for hydroxylation is 2. The minimum Gasteiger partial charge on any atom is -0.376 e. The van der Waals surface area contributed by atoms with Gasteiger partial charge in [-0.3, -0.25) is 4.79 Å². The molecule has 1 N–H and O–H groups in total. The van der Waals surface area contributed by atoms with Crippen molar-refractivity contribution in [1.29, 1.82) is 0 Å². The monoisotopic (exact) mass is 282 g/mol. The zero-order valence-corrected chi connectivity index (χ0v) is 12.9. The fourth-order valence-electron chi connectivity index (χ4n) is 2.30. The van der Waals surface area contributed by atoms with Gasteiger partial charge in [-0.1, -0.05) is 30.3 Å². The van der Waals surface area contributed by atoms with Crippen molar-refractivity contribution in [3.8, 4) is 0 Å². The second-order valence-corrected chi connectivity index (χ2v) is 5.15. The lowest BCUT2D eigenvalue weighted by molar-refractivity contribution is -0.116. The summed E-state index contributed by atoms with van der Waals surface area (Å²) < 4.78 is 0. The maximum atomic E-state index is 12.4. The first kappa shape index (κ1) is 15.1. The first-order chi connectivity index (χ1) is 10.1. The van der Waals surface area contributed by atoms with E-state index < -0.39 is 0 Å². The molecule has 1 amide bonds. The molecule has 2 aromatic rings. The lowest BCUT2D eigenvalue weighted by Crippen LogP contribution is -2.35. The van der Waals surface area contributed by atoms with E-state index in [0.717, 1.165) is 16.9 Å². The summed E-state index contributed by atoms with van der Waals surface area (Å²) in [5.74, 6) is 0.0737. The minimum atomic E-state index is 0.0737. The van der Waals surface area contributed by atoms with Gasteiger partial charge in [0.15, 0.2) is 0 Å². The van der Waals surface area contributed by atoms with Crippen LogP contribution in [0.25, 0.3) is 0 Å². The molecule has 0 saturated carbocycles. The van der Waals surface area contributed by atoms with E-state index >= 15 is 0 Å². The molecule has 0 bridgehead atoms. The van der Waals surface area contributed by atoms with Crippen molar-refractivity contribution >= 4 is 17.3 Å². The van der Waals surface area contributed by atoms with Gasteiger partial charge in [-0.05, 0) is 50.1 Å². The normalized spacial score (nSPS) is 10.2. The number of hydrogen-bond acceptors (Lipinski definition) is 2. The summed E-state index contributed by atoms with van der Waals surface area (Å²) in [6.07, 6.45) is 0. The molecule has 0 heterocycles. The van der Waals surface area contributed by atoms with Crippen LogP contribution < -0.4 is 10.2 Å². The lowest BCUT2D eigenvalue weighted by Gasteiger charge is -2.22. The second kappa shape index (κ2) is 6.93. The molecule has 0 radical (unpaired) electrons. The van der Waals surface area contributed by atoms with Gasteiger partial charge in [-0.15, -0.1) is 0 Å². The third-order valence-corrected chi connectivity index (χ3v) is 3.51. The Bertz CT molecular complexity index is 608. The van der Waals surface area contributed by atoms with Crippen LogP contribution in [0.2, 0.25) is 0 Å². The first-order valence-corrected chi connectivity index (χ1v) is 7.28. The summed E-state index contributed by atoms with van der Waals surface area (Å²) in [6.45, 7) is 7.04. The zero-order valence-electron chi connectivity index (χ0n) is 12.9. The van der Waals surface area contributed by atoms with Crippen LogP contribution in [0.4, 0.5) is 11.4 Å². The average molecular weight is 282 g/mol. The fraction of sp³-hybridized carbons (Fsp3) is 0.278. The third-order valence-electron chi connectivity index (χ3n) is 3.51. The summed E-state index contributed by atoms with van der Waals surface area (Å²) in [6, 6.07) is 16.0. The third kappa shape index (κ3) is 3.85. The number of hydrogen-bond donors (Lipinski definition) is 1. The molecule has 0 unspecified atom stereocenters. The Morgan fingerprint density at radius 3 is 2.48 bits per heavy atom. The second-order valence-electron chi connectivity index (χ2n) is 5.15. The van der Waals surface area contributed by atoms with E-state index in [-0.39, 0.29) is 5.91 Å². The van der Waals surface area contributed by atoms with Crippen molar-refractivity contribution < 1.29 is 4.79 Å². The summed E-state index contributed by atoms with van der Waals surface area (Å²) in [5, 5.41) is 3.25. The molecule has 3 heteroatoms. The fourth-order valence-corrected chi connectivity index (χ4v) is 2.30. The zero-order chi connectivity index (χ0) is 15.2. The molecule has 21 heavy (non-hydrogen) atoms. The molecule has 110 valence electrons. The van der Waals surface area contributed by atoms with Crippen LogP contribution in [0.5, 0.6) is 0 Å². The SMILES string of the molecule is CCN(C(=O)CNc1cc(C)ccc1C)c1ccccc1. The molecule has 0 saturated heterocycles. The Hall–Kier alpha value is -2.29. The molecule has 0 atom stereocenters. The maximum Gasteiger partial charge on any atom is 0.246 e. The number of carbonyl (C=O) groups is 1. The molecule has 2 rings (SSSR count). The van der Waals surface area contributed by atoms with Crippen LogP contribution in [0, 0.1) is 13.8 Å². The summed E-state index contributed by atoms with van der Waals surface area (Å²) in [4.78, 5) is 14.2. The van der Waals surface area contributed by atoms with Crippen molar-refractivity contribution in [2.75, 3.05) is 23.3 Å². The van der Waals surface area contributed by atoms with E-state index in [1.807, 2.05) is 44.2 Å². The number of nitrogens with zero attached hydrogens (tertiary/aromatic N) is 1. The number of para-hydroxylation sites is 1. The topological polar surface area (TPSA) is 32.3 Å². The Balaban J connectivity index is 2.05. The minimum absolute atomic E-state index is 0.0737. The van der Waals surface area contributed by atoms with Gasteiger partial charge >= 0.3 is 0 Å². The van der Waals surface area contributed by atoms with Crippen LogP contribution in [0.15, 0.2) is 48.5 Å². The number of carbonyl (C=O) groups excluding carboxylic acids is 1. The molecule has 0 aliphatic rings. The predicted octanol–water partition coefficient (Wildman–Crippen LogP) is 3.77. The van der Waals surface area contributed by atoms with Gasteiger partial charge in [-0.2, -0.15) is 0 Å². The van der Waals surface area contributed by atoms with Gasteiger partial charge in [0, 0.05) is 17.9 Å². The molecular formula is C18H22N2O. The highest BCUT2D eigenvalue weighted by Gasteiger charge is 2.13. The highest BCUT2D eigenvalue weighted by molar-refractivity contribution is 5.96. The van der Waals surface area contributed by atoms with E-state index in [1.54, 1.807) is 4.90 Å². The van der Waals surface area contributed by atoms with Crippen LogP contribution in [-0.2, 0) is 4.79 Å². The lowest BCUT2D eigenvalue weighted by atomic mass is 10.1. The first-order valence-electron chi connectivity index (χ1n) is 7.28. The predicted molar refractivity (Wildman–Crippen MR) is 88.9 cm³/mol. The number of amides is 1. The molecule has 0 aliphatic carbocycles. The summed E-state index contributed by atoms with van der Waals surface area (Å²) >= 11 is 0. The van der Waals surface area contributed by atoms with Crippen LogP contribution in [-0.4, -0.2) is 19.0 Å². The van der Waals surface area contributed by atoms with Gasteiger partial charge in [0.05, 0.1) is 6.54 Å². The molecule has 0 spiro atoms. The number of benzene rings is 2.